The van der Waals surface area contributed by atoms with Gasteiger partial charge in [0.2, 0.25) is 0 Å². The average molecular weight is 502 g/mol. The first-order valence-electron chi connectivity index (χ1n) is 13.0. The van der Waals surface area contributed by atoms with Crippen LogP contribution in [0, 0.1) is 29.1 Å². The van der Waals surface area contributed by atoms with Gasteiger partial charge < -0.3 is 34.5 Å². The minimum Gasteiger partial charge on any atom is -0.457 e. The molecule has 4 N–H and O–H groups in total. The van der Waals surface area contributed by atoms with Crippen molar-refractivity contribution in [2.45, 2.75) is 89.9 Å². The first-order valence-corrected chi connectivity index (χ1v) is 13.0. The molecule has 5 rings (SSSR count). The van der Waals surface area contributed by atoms with E-state index in [1.165, 1.54) is 0 Å². The van der Waals surface area contributed by atoms with Crippen molar-refractivity contribution in [2.75, 3.05) is 0 Å². The Labute approximate surface area is 212 Å². The highest BCUT2D eigenvalue weighted by atomic mass is 16.6. The second kappa shape index (κ2) is 9.10. The largest absolute Gasteiger partial charge is 0.457 e. The van der Waals surface area contributed by atoms with E-state index < -0.39 is 41.4 Å². The molecule has 4 aliphatic rings. The van der Waals surface area contributed by atoms with Crippen molar-refractivity contribution < 1.29 is 34.3 Å². The molecule has 0 radical (unpaired) electrons. The molecule has 0 aromatic carbocycles. The molecule has 2 fully saturated rings. The summed E-state index contributed by atoms with van der Waals surface area (Å²) in [6, 6.07) is 3.89. The minimum absolute atomic E-state index is 0.0931. The summed E-state index contributed by atoms with van der Waals surface area (Å²) in [5, 5.41) is 33.0. The summed E-state index contributed by atoms with van der Waals surface area (Å²) in [5.74, 6) is -1.90. The molecule has 2 aliphatic heterocycles. The van der Waals surface area contributed by atoms with Crippen molar-refractivity contribution in [3.8, 4) is 0 Å². The second-order valence-electron chi connectivity index (χ2n) is 11.6. The Hall–Kier alpha value is -1.97. The lowest BCUT2D eigenvalue weighted by atomic mass is 9.51. The van der Waals surface area contributed by atoms with Crippen molar-refractivity contribution in [2.24, 2.45) is 29.1 Å². The Kier molecular flexibility index (Phi) is 6.49. The zero-order valence-corrected chi connectivity index (χ0v) is 21.6. The molecule has 1 aromatic heterocycles. The first kappa shape index (κ1) is 25.7. The van der Waals surface area contributed by atoms with Gasteiger partial charge in [-0.3, -0.25) is 0 Å². The number of ether oxygens (including phenoxy) is 3. The van der Waals surface area contributed by atoms with Crippen LogP contribution in [0.25, 0.3) is 0 Å². The molecule has 36 heavy (non-hydrogen) atoms. The second-order valence-corrected chi connectivity index (χ2v) is 11.6. The number of cyclic esters (lactones) is 1. The molecule has 1 spiro atoms. The standard InChI is InChI=1S/C28H39NO7/c1-14-11-15(2)28-18(12-20(31)26(33)35-22(14)17(4)30)8-9-27(5)24(28)21(32)16(3)23(25(27)36-28)34-13-19-7-6-10-29-19/h6-11,14,16-18,20-25,29-32H,12-13H2,1-5H3/b15-11+/t14-,16-,17?,18?,20?,21-,22?,23-,24-,25+,27-,28+/m1/s1. The number of H-pyrrole nitrogens is 1. The van der Waals surface area contributed by atoms with E-state index >= 15 is 0 Å². The van der Waals surface area contributed by atoms with E-state index in [0.29, 0.717) is 6.61 Å². The van der Waals surface area contributed by atoms with Crippen molar-refractivity contribution >= 4 is 5.97 Å². The summed E-state index contributed by atoms with van der Waals surface area (Å²) in [5.41, 5.74) is 0.434. The van der Waals surface area contributed by atoms with E-state index in [1.54, 1.807) is 6.92 Å². The zero-order chi connectivity index (χ0) is 26.0. The third-order valence-corrected chi connectivity index (χ3v) is 9.22. The van der Waals surface area contributed by atoms with Crippen LogP contribution < -0.4 is 0 Å². The summed E-state index contributed by atoms with van der Waals surface area (Å²) < 4.78 is 19.0. The molecule has 12 atom stereocenters. The molecule has 2 aliphatic carbocycles. The quantitative estimate of drug-likeness (QED) is 0.369. The van der Waals surface area contributed by atoms with E-state index in [9.17, 15) is 20.1 Å². The van der Waals surface area contributed by atoms with Gasteiger partial charge in [-0.2, -0.15) is 0 Å². The Morgan fingerprint density at radius 1 is 1.31 bits per heavy atom. The van der Waals surface area contributed by atoms with E-state index in [-0.39, 0.29) is 42.3 Å². The van der Waals surface area contributed by atoms with Crippen LogP contribution in [-0.4, -0.2) is 68.5 Å². The molecule has 1 aromatic rings. The fourth-order valence-corrected chi connectivity index (χ4v) is 7.43. The Morgan fingerprint density at radius 3 is 2.72 bits per heavy atom. The zero-order valence-electron chi connectivity index (χ0n) is 21.6. The van der Waals surface area contributed by atoms with Gasteiger partial charge in [0.15, 0.2) is 6.10 Å². The van der Waals surface area contributed by atoms with Gasteiger partial charge in [-0.15, -0.1) is 0 Å². The highest BCUT2D eigenvalue weighted by Gasteiger charge is 2.73. The van der Waals surface area contributed by atoms with Crippen molar-refractivity contribution in [3.63, 3.8) is 0 Å². The highest BCUT2D eigenvalue weighted by Crippen LogP contribution is 2.66. The number of carbonyl (C=O) groups excluding carboxylic acids is 1. The van der Waals surface area contributed by atoms with Crippen molar-refractivity contribution in [3.05, 3.63) is 47.8 Å². The molecule has 8 heteroatoms. The summed E-state index contributed by atoms with van der Waals surface area (Å²) in [6.07, 6.45) is 3.58. The smallest absolute Gasteiger partial charge is 0.335 e. The van der Waals surface area contributed by atoms with E-state index in [4.69, 9.17) is 14.2 Å². The number of aliphatic hydroxyl groups is 3. The Bertz CT molecular complexity index is 1030. The molecule has 4 bridgehead atoms. The topological polar surface area (TPSA) is 121 Å². The molecule has 3 heterocycles. The predicted octanol–water partition coefficient (Wildman–Crippen LogP) is 2.50. The predicted molar refractivity (Wildman–Crippen MR) is 131 cm³/mol. The number of hydrogen-bond donors (Lipinski definition) is 4. The van der Waals surface area contributed by atoms with Crippen LogP contribution in [0.3, 0.4) is 0 Å². The number of aliphatic hydroxyl groups excluding tert-OH is 3. The average Bonchev–Trinajstić information content (AvgIpc) is 3.38. The van der Waals surface area contributed by atoms with Crippen LogP contribution in [0.15, 0.2) is 42.1 Å². The van der Waals surface area contributed by atoms with Gasteiger partial charge in [-0.05, 0) is 38.0 Å². The summed E-state index contributed by atoms with van der Waals surface area (Å²) in [6.45, 7) is 9.95. The third-order valence-electron chi connectivity index (χ3n) is 9.22. The highest BCUT2D eigenvalue weighted by molar-refractivity contribution is 5.74. The number of esters is 1. The SMILES string of the molecule is C/C1=C\[C@@H](C)C(C(C)O)OC(=O)C(O)CC2C=C[C@]3(C)[C@H]4[C@H](O)[C@@H](C)[C@@H](OCc5ccc[nH]5)[C@@H]3O[C@@]124. The van der Waals surface area contributed by atoms with E-state index in [2.05, 4.69) is 18.0 Å². The lowest BCUT2D eigenvalue weighted by Gasteiger charge is -2.53. The summed E-state index contributed by atoms with van der Waals surface area (Å²) in [4.78, 5) is 15.9. The van der Waals surface area contributed by atoms with Gasteiger partial charge in [-0.25, -0.2) is 4.79 Å². The van der Waals surface area contributed by atoms with E-state index in [0.717, 1.165) is 11.3 Å². The van der Waals surface area contributed by atoms with Crippen LogP contribution >= 0.6 is 0 Å². The molecular weight excluding hydrogens is 462 g/mol. The van der Waals surface area contributed by atoms with Crippen molar-refractivity contribution in [1.82, 2.24) is 4.98 Å². The number of hydrogen-bond acceptors (Lipinski definition) is 7. The van der Waals surface area contributed by atoms with Gasteiger partial charge in [-0.1, -0.05) is 39.0 Å². The molecule has 4 unspecified atom stereocenters. The van der Waals surface area contributed by atoms with Crippen LogP contribution in [0.4, 0.5) is 0 Å². The Balaban J connectivity index is 1.59. The lowest BCUT2D eigenvalue weighted by molar-refractivity contribution is -0.170. The summed E-state index contributed by atoms with van der Waals surface area (Å²) >= 11 is 0. The minimum atomic E-state index is -1.38. The van der Waals surface area contributed by atoms with Gasteiger partial charge >= 0.3 is 5.97 Å². The molecule has 1 saturated carbocycles. The normalized spacial score (nSPS) is 48.5. The fraction of sp³-hybridized carbons (Fsp3) is 0.679. The van der Waals surface area contributed by atoms with Crippen LogP contribution in [-0.2, 0) is 25.6 Å². The van der Waals surface area contributed by atoms with Crippen LogP contribution in [0.2, 0.25) is 0 Å². The first-order chi connectivity index (χ1) is 17.0. The third kappa shape index (κ3) is 3.72. The maximum Gasteiger partial charge on any atom is 0.335 e. The number of aromatic nitrogens is 1. The summed E-state index contributed by atoms with van der Waals surface area (Å²) in [7, 11) is 0. The van der Waals surface area contributed by atoms with Gasteiger partial charge in [0.25, 0.3) is 0 Å². The molecular formula is C28H39NO7. The molecule has 1 saturated heterocycles. The number of rotatable bonds is 4. The fourth-order valence-electron chi connectivity index (χ4n) is 7.43. The number of nitrogens with one attached hydrogen (secondary N) is 1. The monoisotopic (exact) mass is 501 g/mol. The Morgan fingerprint density at radius 2 is 2.06 bits per heavy atom. The maximum atomic E-state index is 12.8. The van der Waals surface area contributed by atoms with Gasteiger partial charge in [0.05, 0.1) is 31.0 Å². The molecule has 0 amide bonds. The number of aromatic amines is 1. The maximum absolute atomic E-state index is 12.8. The van der Waals surface area contributed by atoms with E-state index in [1.807, 2.05) is 51.3 Å². The lowest BCUT2D eigenvalue weighted by Crippen LogP contribution is -2.61. The molecule has 8 nitrogen and oxygen atoms in total. The van der Waals surface area contributed by atoms with Gasteiger partial charge in [0, 0.05) is 41.0 Å². The van der Waals surface area contributed by atoms with Crippen molar-refractivity contribution in [1.29, 1.82) is 0 Å². The van der Waals surface area contributed by atoms with Crippen LogP contribution in [0.5, 0.6) is 0 Å². The number of carbonyl (C=O) groups is 1. The van der Waals surface area contributed by atoms with Gasteiger partial charge in [0.1, 0.15) is 11.7 Å². The van der Waals surface area contributed by atoms with Crippen LogP contribution in [0.1, 0.15) is 46.7 Å². The molecule has 198 valence electrons.